The minimum Gasteiger partial charge on any atom is -0.379 e. The Morgan fingerprint density at radius 2 is 1.82 bits per heavy atom. The van der Waals surface area contributed by atoms with E-state index in [2.05, 4.69) is 5.32 Å². The number of hydrogen-bond acceptors (Lipinski definition) is 4. The molecule has 0 radical (unpaired) electrons. The summed E-state index contributed by atoms with van der Waals surface area (Å²) in [5.41, 5.74) is 0.877. The van der Waals surface area contributed by atoms with Crippen LogP contribution in [0.15, 0.2) is 47.4 Å². The first-order chi connectivity index (χ1) is 13.4. The van der Waals surface area contributed by atoms with Gasteiger partial charge in [0.1, 0.15) is 5.82 Å². The lowest BCUT2D eigenvalue weighted by Gasteiger charge is -2.26. The zero-order valence-corrected chi connectivity index (χ0v) is 16.6. The van der Waals surface area contributed by atoms with Gasteiger partial charge in [-0.05, 0) is 29.8 Å². The Morgan fingerprint density at radius 1 is 1.14 bits per heavy atom. The maximum Gasteiger partial charge on any atom is 0.243 e. The van der Waals surface area contributed by atoms with E-state index in [0.29, 0.717) is 26.3 Å². The fourth-order valence-electron chi connectivity index (χ4n) is 2.84. The molecule has 0 unspecified atom stereocenters. The lowest BCUT2D eigenvalue weighted by atomic mass is 10.1. The molecule has 0 atom stereocenters. The molecule has 0 saturated carbocycles. The van der Waals surface area contributed by atoms with Crippen molar-refractivity contribution in [3.05, 3.63) is 64.4 Å². The van der Waals surface area contributed by atoms with Crippen LogP contribution in [-0.4, -0.2) is 44.9 Å². The Labute approximate surface area is 168 Å². The van der Waals surface area contributed by atoms with E-state index in [4.69, 9.17) is 16.3 Å². The summed E-state index contributed by atoms with van der Waals surface area (Å²) in [6.45, 7) is 1.63. The number of halogens is 2. The van der Waals surface area contributed by atoms with Gasteiger partial charge in [-0.1, -0.05) is 29.8 Å². The summed E-state index contributed by atoms with van der Waals surface area (Å²) in [4.78, 5) is 12.3. The maximum absolute atomic E-state index is 13.8. The minimum atomic E-state index is -3.55. The standard InChI is InChI=1S/C19H20ClFN2O4S/c20-17-2-1-3-18(21)16(17)12-19(24)22-13-14-4-6-15(7-5-14)28(25,26)23-8-10-27-11-9-23/h1-7H,8-13H2,(H,22,24). The van der Waals surface area contributed by atoms with Gasteiger partial charge >= 0.3 is 0 Å². The van der Waals surface area contributed by atoms with Crippen LogP contribution in [0.25, 0.3) is 0 Å². The molecule has 1 fully saturated rings. The number of amides is 1. The fourth-order valence-corrected chi connectivity index (χ4v) is 4.48. The highest BCUT2D eigenvalue weighted by Crippen LogP contribution is 2.20. The monoisotopic (exact) mass is 426 g/mol. The Balaban J connectivity index is 1.59. The third-order valence-electron chi connectivity index (χ3n) is 4.42. The maximum atomic E-state index is 13.8. The number of carbonyl (C=O) groups excluding carboxylic acids is 1. The highest BCUT2D eigenvalue weighted by atomic mass is 35.5. The lowest BCUT2D eigenvalue weighted by Crippen LogP contribution is -2.40. The predicted molar refractivity (Wildman–Crippen MR) is 103 cm³/mol. The molecule has 1 N–H and O–H groups in total. The molecule has 2 aromatic rings. The van der Waals surface area contributed by atoms with Gasteiger partial charge in [0.05, 0.1) is 24.5 Å². The summed E-state index contributed by atoms with van der Waals surface area (Å²) in [5.74, 6) is -0.905. The third-order valence-corrected chi connectivity index (χ3v) is 6.69. The van der Waals surface area contributed by atoms with E-state index < -0.39 is 15.8 Å². The second kappa shape index (κ2) is 9.00. The molecule has 2 aromatic carbocycles. The van der Waals surface area contributed by atoms with E-state index >= 15 is 0 Å². The third kappa shape index (κ3) is 4.88. The first-order valence-corrected chi connectivity index (χ1v) is 10.6. The van der Waals surface area contributed by atoms with Crippen molar-refractivity contribution in [3.8, 4) is 0 Å². The summed E-state index contributed by atoms with van der Waals surface area (Å²) in [6.07, 6.45) is -0.172. The number of rotatable bonds is 6. The zero-order valence-electron chi connectivity index (χ0n) is 15.0. The molecule has 1 saturated heterocycles. The van der Waals surface area contributed by atoms with Crippen LogP contribution in [0.2, 0.25) is 5.02 Å². The van der Waals surface area contributed by atoms with Gasteiger partial charge in [-0.2, -0.15) is 4.31 Å². The molecule has 6 nitrogen and oxygen atoms in total. The average molecular weight is 427 g/mol. The molecule has 3 rings (SSSR count). The number of nitrogens with one attached hydrogen (secondary N) is 1. The van der Waals surface area contributed by atoms with Gasteiger partial charge in [-0.15, -0.1) is 0 Å². The number of ether oxygens (including phenoxy) is 1. The number of benzene rings is 2. The molecule has 150 valence electrons. The predicted octanol–water partition coefficient (Wildman–Crippen LogP) is 2.36. The van der Waals surface area contributed by atoms with Gasteiger partial charge in [0.2, 0.25) is 15.9 Å². The molecule has 0 bridgehead atoms. The molecule has 1 aliphatic rings. The SMILES string of the molecule is O=C(Cc1c(F)cccc1Cl)NCc1ccc(S(=O)(=O)N2CCOCC2)cc1. The molecule has 1 aliphatic heterocycles. The quantitative estimate of drug-likeness (QED) is 0.769. The van der Waals surface area contributed by atoms with E-state index in [1.807, 2.05) is 0 Å². The molecular weight excluding hydrogens is 407 g/mol. The van der Waals surface area contributed by atoms with Crippen molar-refractivity contribution in [1.82, 2.24) is 9.62 Å². The Morgan fingerprint density at radius 3 is 2.46 bits per heavy atom. The summed E-state index contributed by atoms with van der Waals surface area (Å²) >= 11 is 5.93. The molecule has 0 aliphatic carbocycles. The lowest BCUT2D eigenvalue weighted by molar-refractivity contribution is -0.120. The van der Waals surface area contributed by atoms with Crippen LogP contribution >= 0.6 is 11.6 Å². The highest BCUT2D eigenvalue weighted by Gasteiger charge is 2.26. The van der Waals surface area contributed by atoms with Crippen LogP contribution in [0.4, 0.5) is 4.39 Å². The van der Waals surface area contributed by atoms with Crippen molar-refractivity contribution in [3.63, 3.8) is 0 Å². The molecule has 28 heavy (non-hydrogen) atoms. The largest absolute Gasteiger partial charge is 0.379 e. The van der Waals surface area contributed by atoms with Crippen molar-refractivity contribution in [1.29, 1.82) is 0 Å². The van der Waals surface area contributed by atoms with E-state index in [9.17, 15) is 17.6 Å². The Hall–Kier alpha value is -2.00. The average Bonchev–Trinajstić information content (AvgIpc) is 2.70. The highest BCUT2D eigenvalue weighted by molar-refractivity contribution is 7.89. The van der Waals surface area contributed by atoms with Crippen molar-refractivity contribution in [2.24, 2.45) is 0 Å². The molecule has 0 aromatic heterocycles. The van der Waals surface area contributed by atoms with Crippen LogP contribution < -0.4 is 5.32 Å². The van der Waals surface area contributed by atoms with Crippen LogP contribution in [0, 0.1) is 5.82 Å². The Bertz CT molecular complexity index is 925. The van der Waals surface area contributed by atoms with E-state index in [0.717, 1.165) is 5.56 Å². The minimum absolute atomic E-state index is 0.147. The van der Waals surface area contributed by atoms with Gasteiger partial charge in [0, 0.05) is 30.2 Å². The van der Waals surface area contributed by atoms with Crippen molar-refractivity contribution < 1.29 is 22.3 Å². The summed E-state index contributed by atoms with van der Waals surface area (Å²) in [5, 5.41) is 2.88. The first-order valence-electron chi connectivity index (χ1n) is 8.74. The van der Waals surface area contributed by atoms with Gasteiger partial charge < -0.3 is 10.1 Å². The van der Waals surface area contributed by atoms with Gasteiger partial charge in [-0.3, -0.25) is 4.79 Å². The van der Waals surface area contributed by atoms with Crippen LogP contribution in [0.3, 0.4) is 0 Å². The number of sulfonamides is 1. The van der Waals surface area contributed by atoms with Crippen molar-refractivity contribution in [2.75, 3.05) is 26.3 Å². The smallest absolute Gasteiger partial charge is 0.243 e. The number of hydrogen-bond donors (Lipinski definition) is 1. The Kier molecular flexibility index (Phi) is 6.66. The number of morpholine rings is 1. The van der Waals surface area contributed by atoms with E-state index in [1.165, 1.54) is 34.6 Å². The van der Waals surface area contributed by atoms with Crippen LogP contribution in [0.5, 0.6) is 0 Å². The van der Waals surface area contributed by atoms with E-state index in [1.54, 1.807) is 12.1 Å². The molecule has 9 heteroatoms. The normalized spacial score (nSPS) is 15.4. The second-order valence-corrected chi connectivity index (χ2v) is 8.66. The molecule has 1 amide bonds. The van der Waals surface area contributed by atoms with Crippen molar-refractivity contribution in [2.45, 2.75) is 17.9 Å². The van der Waals surface area contributed by atoms with E-state index in [-0.39, 0.29) is 34.4 Å². The molecule has 0 spiro atoms. The molecule has 1 heterocycles. The zero-order chi connectivity index (χ0) is 20.1. The topological polar surface area (TPSA) is 75.7 Å². The van der Waals surface area contributed by atoms with Crippen LogP contribution in [-0.2, 0) is 32.5 Å². The summed E-state index contributed by atoms with van der Waals surface area (Å²) in [7, 11) is -3.55. The number of carbonyl (C=O) groups is 1. The first kappa shape index (κ1) is 20.7. The fraction of sp³-hybridized carbons (Fsp3) is 0.316. The van der Waals surface area contributed by atoms with Crippen molar-refractivity contribution >= 4 is 27.5 Å². The molecular formula is C19H20ClFN2O4S. The van der Waals surface area contributed by atoms with Crippen LogP contribution in [0.1, 0.15) is 11.1 Å². The number of nitrogens with zero attached hydrogens (tertiary/aromatic N) is 1. The van der Waals surface area contributed by atoms with Gasteiger partial charge in [0.25, 0.3) is 0 Å². The van der Waals surface area contributed by atoms with Gasteiger partial charge in [0.15, 0.2) is 0 Å². The second-order valence-electron chi connectivity index (χ2n) is 6.31. The van der Waals surface area contributed by atoms with Gasteiger partial charge in [-0.25, -0.2) is 12.8 Å². The summed E-state index contributed by atoms with van der Waals surface area (Å²) < 4.78 is 45.5. The summed E-state index contributed by atoms with van der Waals surface area (Å²) in [6, 6.07) is 10.6.